The van der Waals surface area contributed by atoms with Crippen LogP contribution in [0.15, 0.2) is 0 Å². The molecule has 1 amide bonds. The lowest BCUT2D eigenvalue weighted by Crippen LogP contribution is -2.60. The number of rotatable bonds is 1. The van der Waals surface area contributed by atoms with Gasteiger partial charge in [-0.2, -0.15) is 0 Å². The van der Waals surface area contributed by atoms with Crippen molar-refractivity contribution in [3.05, 3.63) is 0 Å². The van der Waals surface area contributed by atoms with Crippen LogP contribution in [0.4, 0.5) is 4.79 Å². The van der Waals surface area contributed by atoms with Gasteiger partial charge < -0.3 is 15.2 Å². The number of alkyl carbamates (subject to hydrolysis) is 1. The fourth-order valence-electron chi connectivity index (χ4n) is 3.72. The second-order valence-electron chi connectivity index (χ2n) is 7.31. The average Bonchev–Trinajstić information content (AvgIpc) is 2.47. The molecule has 0 aromatic heterocycles. The SMILES string of the molecule is CC(C)(C)OC(=O)N[C@]12CC[C@@H](C[C@H]1O)C2(C)C. The van der Waals surface area contributed by atoms with Crippen LogP contribution in [0, 0.1) is 11.3 Å². The van der Waals surface area contributed by atoms with E-state index in [2.05, 4.69) is 19.2 Å². The van der Waals surface area contributed by atoms with Crippen LogP contribution in [0.25, 0.3) is 0 Å². The third kappa shape index (κ3) is 1.91. The standard InChI is InChI=1S/C14H25NO3/c1-12(2,3)18-11(17)15-14-7-6-9(8-10(14)16)13(14,4)5/h9-10,16H,6-8H2,1-5H3,(H,15,17)/t9-,10+,14+/m0/s1. The molecule has 0 spiro atoms. The van der Waals surface area contributed by atoms with E-state index in [1.807, 2.05) is 20.8 Å². The zero-order chi connectivity index (χ0) is 13.8. The molecule has 0 aliphatic heterocycles. The second kappa shape index (κ2) is 3.86. The Morgan fingerprint density at radius 1 is 1.39 bits per heavy atom. The maximum absolute atomic E-state index is 12.0. The molecule has 2 fully saturated rings. The smallest absolute Gasteiger partial charge is 0.408 e. The molecule has 0 saturated heterocycles. The molecule has 18 heavy (non-hydrogen) atoms. The van der Waals surface area contributed by atoms with Gasteiger partial charge in [0.05, 0.1) is 11.6 Å². The predicted octanol–water partition coefficient (Wildman–Crippen LogP) is 2.45. The molecule has 2 bridgehead atoms. The lowest BCUT2D eigenvalue weighted by molar-refractivity contribution is 0.00882. The molecule has 0 unspecified atom stereocenters. The summed E-state index contributed by atoms with van der Waals surface area (Å²) >= 11 is 0. The summed E-state index contributed by atoms with van der Waals surface area (Å²) in [5.74, 6) is 0.488. The molecule has 2 aliphatic carbocycles. The Morgan fingerprint density at radius 2 is 2.00 bits per heavy atom. The van der Waals surface area contributed by atoms with Crippen molar-refractivity contribution in [2.45, 2.75) is 71.1 Å². The van der Waals surface area contributed by atoms with Crippen molar-refractivity contribution < 1.29 is 14.6 Å². The number of aliphatic hydroxyl groups is 1. The van der Waals surface area contributed by atoms with E-state index in [0.29, 0.717) is 5.92 Å². The van der Waals surface area contributed by atoms with E-state index < -0.39 is 23.3 Å². The molecule has 0 aromatic carbocycles. The van der Waals surface area contributed by atoms with Crippen LogP contribution in [-0.4, -0.2) is 28.4 Å². The van der Waals surface area contributed by atoms with Crippen LogP contribution >= 0.6 is 0 Å². The molecule has 104 valence electrons. The minimum atomic E-state index is -0.514. The first-order valence-corrected chi connectivity index (χ1v) is 6.78. The van der Waals surface area contributed by atoms with Gasteiger partial charge in [0.2, 0.25) is 0 Å². The van der Waals surface area contributed by atoms with Crippen LogP contribution in [0.3, 0.4) is 0 Å². The van der Waals surface area contributed by atoms with Gasteiger partial charge in [0.15, 0.2) is 0 Å². The van der Waals surface area contributed by atoms with E-state index in [-0.39, 0.29) is 5.41 Å². The summed E-state index contributed by atoms with van der Waals surface area (Å²) in [5, 5.41) is 13.3. The second-order valence-corrected chi connectivity index (χ2v) is 7.31. The molecule has 4 heteroatoms. The lowest BCUT2D eigenvalue weighted by Gasteiger charge is -2.41. The van der Waals surface area contributed by atoms with Gasteiger partial charge in [-0.15, -0.1) is 0 Å². The van der Waals surface area contributed by atoms with Crippen molar-refractivity contribution in [2.75, 3.05) is 0 Å². The fourth-order valence-corrected chi connectivity index (χ4v) is 3.72. The summed E-state index contributed by atoms with van der Waals surface area (Å²) in [7, 11) is 0. The van der Waals surface area contributed by atoms with Crippen molar-refractivity contribution in [3.8, 4) is 0 Å². The Morgan fingerprint density at radius 3 is 2.39 bits per heavy atom. The number of hydrogen-bond donors (Lipinski definition) is 2. The van der Waals surface area contributed by atoms with Crippen molar-refractivity contribution in [1.82, 2.24) is 5.32 Å². The predicted molar refractivity (Wildman–Crippen MR) is 69.2 cm³/mol. The van der Waals surface area contributed by atoms with E-state index in [4.69, 9.17) is 4.74 Å². The summed E-state index contributed by atoms with van der Waals surface area (Å²) in [5.41, 5.74) is -1.09. The highest BCUT2D eigenvalue weighted by Crippen LogP contribution is 2.60. The summed E-state index contributed by atoms with van der Waals surface area (Å²) in [6, 6.07) is 0. The first-order chi connectivity index (χ1) is 8.08. The normalized spacial score (nSPS) is 37.7. The Kier molecular flexibility index (Phi) is 2.93. The van der Waals surface area contributed by atoms with Crippen molar-refractivity contribution in [2.24, 2.45) is 11.3 Å². The first kappa shape index (κ1) is 13.7. The molecular weight excluding hydrogens is 230 g/mol. The van der Waals surface area contributed by atoms with Crippen LogP contribution in [0.2, 0.25) is 0 Å². The molecule has 2 N–H and O–H groups in total. The Balaban J connectivity index is 2.14. The summed E-state index contributed by atoms with van der Waals surface area (Å²) in [6.45, 7) is 9.81. The molecule has 0 radical (unpaired) electrons. The maximum atomic E-state index is 12.0. The molecular formula is C14H25NO3. The summed E-state index contributed by atoms with van der Waals surface area (Å²) in [4.78, 5) is 12.0. The van der Waals surface area contributed by atoms with Crippen molar-refractivity contribution >= 4 is 6.09 Å². The number of carbonyl (C=O) groups excluding carboxylic acids is 1. The van der Waals surface area contributed by atoms with E-state index in [1.165, 1.54) is 0 Å². The van der Waals surface area contributed by atoms with Crippen molar-refractivity contribution in [1.29, 1.82) is 0 Å². The lowest BCUT2D eigenvalue weighted by atomic mass is 9.75. The number of carbonyl (C=O) groups is 1. The zero-order valence-electron chi connectivity index (χ0n) is 12.0. The van der Waals surface area contributed by atoms with Crippen LogP contribution < -0.4 is 5.32 Å². The number of ether oxygens (including phenoxy) is 1. The molecule has 3 atom stereocenters. The molecule has 2 aliphatic rings. The number of nitrogens with one attached hydrogen (secondary N) is 1. The van der Waals surface area contributed by atoms with Crippen LogP contribution in [0.1, 0.15) is 53.9 Å². The molecule has 2 saturated carbocycles. The molecule has 4 nitrogen and oxygen atoms in total. The fraction of sp³-hybridized carbons (Fsp3) is 0.929. The molecule has 0 aromatic rings. The van der Waals surface area contributed by atoms with E-state index in [0.717, 1.165) is 19.3 Å². The summed E-state index contributed by atoms with van der Waals surface area (Å²) < 4.78 is 5.33. The Bertz CT molecular complexity index is 359. The van der Waals surface area contributed by atoms with Gasteiger partial charge in [0.1, 0.15) is 5.60 Å². The average molecular weight is 255 g/mol. The van der Waals surface area contributed by atoms with Gasteiger partial charge in [-0.1, -0.05) is 13.8 Å². The quantitative estimate of drug-likeness (QED) is 0.756. The van der Waals surface area contributed by atoms with Gasteiger partial charge in [-0.25, -0.2) is 4.79 Å². The van der Waals surface area contributed by atoms with Gasteiger partial charge in [0, 0.05) is 0 Å². The van der Waals surface area contributed by atoms with Gasteiger partial charge in [-0.3, -0.25) is 0 Å². The first-order valence-electron chi connectivity index (χ1n) is 6.78. The van der Waals surface area contributed by atoms with Gasteiger partial charge in [0.25, 0.3) is 0 Å². The van der Waals surface area contributed by atoms with Gasteiger partial charge >= 0.3 is 6.09 Å². The topological polar surface area (TPSA) is 58.6 Å². The highest BCUT2D eigenvalue weighted by atomic mass is 16.6. The number of hydrogen-bond acceptors (Lipinski definition) is 3. The minimum Gasteiger partial charge on any atom is -0.444 e. The molecule has 2 rings (SSSR count). The summed E-state index contributed by atoms with van der Waals surface area (Å²) in [6.07, 6.45) is 1.81. The third-order valence-corrected chi connectivity index (χ3v) is 4.86. The minimum absolute atomic E-state index is 0.0661. The third-order valence-electron chi connectivity index (χ3n) is 4.86. The largest absolute Gasteiger partial charge is 0.444 e. The maximum Gasteiger partial charge on any atom is 0.408 e. The van der Waals surface area contributed by atoms with E-state index in [9.17, 15) is 9.90 Å². The van der Waals surface area contributed by atoms with Gasteiger partial charge in [-0.05, 0) is 51.4 Å². The van der Waals surface area contributed by atoms with E-state index in [1.54, 1.807) is 0 Å². The highest BCUT2D eigenvalue weighted by molar-refractivity contribution is 5.69. The monoisotopic (exact) mass is 255 g/mol. The molecule has 0 heterocycles. The van der Waals surface area contributed by atoms with Crippen LogP contribution in [-0.2, 0) is 4.74 Å². The number of aliphatic hydroxyl groups excluding tert-OH is 1. The number of fused-ring (bicyclic) bond motifs is 2. The number of amides is 1. The van der Waals surface area contributed by atoms with E-state index >= 15 is 0 Å². The van der Waals surface area contributed by atoms with Crippen LogP contribution in [0.5, 0.6) is 0 Å². The Labute approximate surface area is 109 Å². The zero-order valence-corrected chi connectivity index (χ0v) is 12.0. The highest BCUT2D eigenvalue weighted by Gasteiger charge is 2.64. The Hall–Kier alpha value is -0.770. The van der Waals surface area contributed by atoms with Crippen molar-refractivity contribution in [3.63, 3.8) is 0 Å².